The van der Waals surface area contributed by atoms with Gasteiger partial charge < -0.3 is 0 Å². The molecule has 2 rings (SSSR count). The molecule has 2 aromatic rings. The van der Waals surface area contributed by atoms with Crippen molar-refractivity contribution in [1.82, 2.24) is 10.9 Å². The van der Waals surface area contributed by atoms with Gasteiger partial charge in [-0.05, 0) is 36.8 Å². The van der Waals surface area contributed by atoms with E-state index in [9.17, 15) is 14.0 Å². The fourth-order valence-electron chi connectivity index (χ4n) is 1.79. The number of rotatable bonds is 5. The van der Waals surface area contributed by atoms with E-state index in [-0.39, 0.29) is 29.8 Å². The van der Waals surface area contributed by atoms with Gasteiger partial charge in [0.1, 0.15) is 5.82 Å². The van der Waals surface area contributed by atoms with Crippen LogP contribution in [0.4, 0.5) is 4.39 Å². The molecule has 0 radical (unpaired) electrons. The van der Waals surface area contributed by atoms with Gasteiger partial charge in [0.25, 0.3) is 0 Å². The minimum atomic E-state index is -0.356. The fraction of sp³-hybridized carbons (Fsp3) is 0.176. The summed E-state index contributed by atoms with van der Waals surface area (Å²) in [5, 5.41) is 0. The van der Waals surface area contributed by atoms with Gasteiger partial charge in [0, 0.05) is 4.90 Å². The van der Waals surface area contributed by atoms with Crippen LogP contribution in [0.1, 0.15) is 11.1 Å². The van der Waals surface area contributed by atoms with E-state index in [1.54, 1.807) is 0 Å². The normalized spacial score (nSPS) is 10.2. The Morgan fingerprint density at radius 3 is 2.22 bits per heavy atom. The number of aryl methyl sites for hydroxylation is 1. The standard InChI is InChI=1S/C17H17FN2O2S/c1-12-2-8-15(9-3-12)23-11-17(22)20-19-16(21)10-13-4-6-14(18)7-5-13/h2-9H,10-11H2,1H3,(H,19,21)(H,20,22). The number of hydrazine groups is 1. The molecule has 0 spiro atoms. The molecule has 120 valence electrons. The third-order valence-electron chi connectivity index (χ3n) is 3.01. The molecule has 2 aromatic carbocycles. The Labute approximate surface area is 138 Å². The average Bonchev–Trinajstić information content (AvgIpc) is 2.54. The molecule has 0 aliphatic heterocycles. The summed E-state index contributed by atoms with van der Waals surface area (Å²) in [6.07, 6.45) is 0.0751. The Morgan fingerprint density at radius 2 is 1.57 bits per heavy atom. The van der Waals surface area contributed by atoms with E-state index in [0.717, 1.165) is 10.5 Å². The third kappa shape index (κ3) is 6.12. The number of benzene rings is 2. The van der Waals surface area contributed by atoms with E-state index < -0.39 is 0 Å². The highest BCUT2D eigenvalue weighted by atomic mass is 32.2. The first-order valence-corrected chi connectivity index (χ1v) is 8.03. The number of nitrogens with one attached hydrogen (secondary N) is 2. The molecule has 0 saturated carbocycles. The molecule has 4 nitrogen and oxygen atoms in total. The first kappa shape index (κ1) is 17.0. The summed E-state index contributed by atoms with van der Waals surface area (Å²) in [6, 6.07) is 13.5. The van der Waals surface area contributed by atoms with Crippen LogP contribution in [0.2, 0.25) is 0 Å². The van der Waals surface area contributed by atoms with Crippen LogP contribution in [0.25, 0.3) is 0 Å². The second-order valence-electron chi connectivity index (χ2n) is 5.00. The van der Waals surface area contributed by atoms with Crippen molar-refractivity contribution in [3.63, 3.8) is 0 Å². The van der Waals surface area contributed by atoms with Crippen molar-refractivity contribution >= 4 is 23.6 Å². The Hall–Kier alpha value is -2.34. The molecule has 0 aromatic heterocycles. The summed E-state index contributed by atoms with van der Waals surface area (Å²) in [6.45, 7) is 2.00. The smallest absolute Gasteiger partial charge is 0.248 e. The van der Waals surface area contributed by atoms with Crippen molar-refractivity contribution < 1.29 is 14.0 Å². The second-order valence-corrected chi connectivity index (χ2v) is 6.05. The summed E-state index contributed by atoms with van der Waals surface area (Å²) in [5.41, 5.74) is 6.54. The Morgan fingerprint density at radius 1 is 0.957 bits per heavy atom. The number of thioether (sulfide) groups is 1. The van der Waals surface area contributed by atoms with Gasteiger partial charge in [-0.25, -0.2) is 4.39 Å². The molecule has 0 fully saturated rings. The van der Waals surface area contributed by atoms with Crippen LogP contribution in [-0.2, 0) is 16.0 Å². The maximum Gasteiger partial charge on any atom is 0.248 e. The number of halogens is 1. The summed E-state index contributed by atoms with van der Waals surface area (Å²) in [4.78, 5) is 24.4. The second kappa shape index (κ2) is 8.33. The molecule has 6 heteroatoms. The van der Waals surface area contributed by atoms with Crippen molar-refractivity contribution in [3.8, 4) is 0 Å². The van der Waals surface area contributed by atoms with Gasteiger partial charge in [-0.1, -0.05) is 29.8 Å². The van der Waals surface area contributed by atoms with Gasteiger partial charge in [-0.15, -0.1) is 11.8 Å². The van der Waals surface area contributed by atoms with Gasteiger partial charge in [0.05, 0.1) is 12.2 Å². The van der Waals surface area contributed by atoms with E-state index in [1.807, 2.05) is 31.2 Å². The van der Waals surface area contributed by atoms with Crippen LogP contribution in [0, 0.1) is 12.7 Å². The van der Waals surface area contributed by atoms with E-state index in [0.29, 0.717) is 5.56 Å². The predicted molar refractivity (Wildman–Crippen MR) is 88.3 cm³/mol. The lowest BCUT2D eigenvalue weighted by Crippen LogP contribution is -2.43. The van der Waals surface area contributed by atoms with Gasteiger partial charge >= 0.3 is 0 Å². The lowest BCUT2D eigenvalue weighted by Gasteiger charge is -2.07. The van der Waals surface area contributed by atoms with Crippen LogP contribution in [-0.4, -0.2) is 17.6 Å². The number of amides is 2. The average molecular weight is 332 g/mol. The lowest BCUT2D eigenvalue weighted by atomic mass is 10.1. The predicted octanol–water partition coefficient (Wildman–Crippen LogP) is 2.62. The minimum Gasteiger partial charge on any atom is -0.273 e. The molecule has 0 bridgehead atoms. The van der Waals surface area contributed by atoms with Crippen molar-refractivity contribution in [1.29, 1.82) is 0 Å². The highest BCUT2D eigenvalue weighted by Gasteiger charge is 2.06. The van der Waals surface area contributed by atoms with Crippen LogP contribution < -0.4 is 10.9 Å². The Kier molecular flexibility index (Phi) is 6.17. The summed E-state index contributed by atoms with van der Waals surface area (Å²) in [5.74, 6) is -0.788. The number of carbonyl (C=O) groups is 2. The van der Waals surface area contributed by atoms with E-state index in [4.69, 9.17) is 0 Å². The zero-order chi connectivity index (χ0) is 16.7. The molecule has 0 saturated heterocycles. The first-order valence-electron chi connectivity index (χ1n) is 7.04. The van der Waals surface area contributed by atoms with Gasteiger partial charge in [0.15, 0.2) is 0 Å². The maximum atomic E-state index is 12.8. The zero-order valence-corrected chi connectivity index (χ0v) is 13.5. The zero-order valence-electron chi connectivity index (χ0n) is 12.6. The van der Waals surface area contributed by atoms with Gasteiger partial charge in [-0.3, -0.25) is 20.4 Å². The van der Waals surface area contributed by atoms with Crippen LogP contribution in [0.3, 0.4) is 0 Å². The highest BCUT2D eigenvalue weighted by molar-refractivity contribution is 8.00. The lowest BCUT2D eigenvalue weighted by molar-refractivity contribution is -0.127. The quantitative estimate of drug-likeness (QED) is 0.654. The summed E-state index contributed by atoms with van der Waals surface area (Å²) in [7, 11) is 0. The monoisotopic (exact) mass is 332 g/mol. The van der Waals surface area contributed by atoms with Gasteiger partial charge in [-0.2, -0.15) is 0 Å². The molecule has 0 heterocycles. The molecular formula is C17H17FN2O2S. The van der Waals surface area contributed by atoms with E-state index in [1.165, 1.54) is 36.0 Å². The SMILES string of the molecule is Cc1ccc(SCC(=O)NNC(=O)Cc2ccc(F)cc2)cc1. The van der Waals surface area contributed by atoms with Crippen molar-refractivity contribution in [2.45, 2.75) is 18.2 Å². The molecular weight excluding hydrogens is 315 g/mol. The van der Waals surface area contributed by atoms with E-state index in [2.05, 4.69) is 10.9 Å². The number of hydrogen-bond donors (Lipinski definition) is 2. The molecule has 2 N–H and O–H groups in total. The molecule has 0 atom stereocenters. The summed E-state index contributed by atoms with van der Waals surface area (Å²) < 4.78 is 12.8. The fourth-order valence-corrected chi connectivity index (χ4v) is 2.49. The third-order valence-corrected chi connectivity index (χ3v) is 4.02. The minimum absolute atomic E-state index is 0.0751. The molecule has 0 unspecified atom stereocenters. The van der Waals surface area contributed by atoms with Gasteiger partial charge in [0.2, 0.25) is 11.8 Å². The Balaban J connectivity index is 1.70. The molecule has 2 amide bonds. The largest absolute Gasteiger partial charge is 0.273 e. The van der Waals surface area contributed by atoms with Crippen molar-refractivity contribution in [2.24, 2.45) is 0 Å². The van der Waals surface area contributed by atoms with Crippen LogP contribution >= 0.6 is 11.8 Å². The topological polar surface area (TPSA) is 58.2 Å². The first-order chi connectivity index (χ1) is 11.0. The Bertz CT molecular complexity index is 672. The maximum absolute atomic E-state index is 12.8. The molecule has 23 heavy (non-hydrogen) atoms. The van der Waals surface area contributed by atoms with Crippen molar-refractivity contribution in [2.75, 3.05) is 5.75 Å². The van der Waals surface area contributed by atoms with Crippen LogP contribution in [0.5, 0.6) is 0 Å². The number of hydrogen-bond acceptors (Lipinski definition) is 3. The summed E-state index contributed by atoms with van der Waals surface area (Å²) >= 11 is 1.39. The number of carbonyl (C=O) groups excluding carboxylic acids is 2. The molecule has 0 aliphatic rings. The van der Waals surface area contributed by atoms with Crippen molar-refractivity contribution in [3.05, 3.63) is 65.5 Å². The highest BCUT2D eigenvalue weighted by Crippen LogP contribution is 2.17. The molecule has 0 aliphatic carbocycles. The van der Waals surface area contributed by atoms with E-state index >= 15 is 0 Å². The van der Waals surface area contributed by atoms with Crippen LogP contribution in [0.15, 0.2) is 53.4 Å².